The van der Waals surface area contributed by atoms with Gasteiger partial charge in [0, 0.05) is 5.57 Å². The van der Waals surface area contributed by atoms with E-state index in [0.29, 0.717) is 16.7 Å². The summed E-state index contributed by atoms with van der Waals surface area (Å²) in [5.41, 5.74) is 8.60. The van der Waals surface area contributed by atoms with Crippen molar-refractivity contribution < 1.29 is 4.79 Å². The van der Waals surface area contributed by atoms with Crippen LogP contribution in [0.3, 0.4) is 0 Å². The Labute approximate surface area is 135 Å². The van der Waals surface area contributed by atoms with E-state index in [4.69, 9.17) is 5.73 Å². The van der Waals surface area contributed by atoms with Crippen molar-refractivity contribution in [1.29, 1.82) is 0 Å². The third-order valence-corrected chi connectivity index (χ3v) is 3.76. The van der Waals surface area contributed by atoms with Gasteiger partial charge < -0.3 is 5.73 Å². The van der Waals surface area contributed by atoms with Crippen LogP contribution >= 0.6 is 0 Å². The van der Waals surface area contributed by atoms with Gasteiger partial charge in [0.1, 0.15) is 0 Å². The van der Waals surface area contributed by atoms with Crippen LogP contribution in [0.5, 0.6) is 0 Å². The zero-order chi connectivity index (χ0) is 17.3. The van der Waals surface area contributed by atoms with Crippen molar-refractivity contribution in [2.24, 2.45) is 5.73 Å². The van der Waals surface area contributed by atoms with E-state index in [1.54, 1.807) is 0 Å². The van der Waals surface area contributed by atoms with Crippen molar-refractivity contribution >= 4 is 5.91 Å². The van der Waals surface area contributed by atoms with Crippen molar-refractivity contribution in [3.63, 3.8) is 0 Å². The maximum absolute atomic E-state index is 11.2. The Morgan fingerprint density at radius 1 is 0.727 bits per heavy atom. The predicted molar refractivity (Wildman–Crippen MR) is 97.4 cm³/mol. The van der Waals surface area contributed by atoms with Crippen molar-refractivity contribution in [2.75, 3.05) is 0 Å². The molecule has 0 bridgehead atoms. The molecule has 2 N–H and O–H groups in total. The lowest BCUT2D eigenvalue weighted by Gasteiger charge is -2.16. The summed E-state index contributed by atoms with van der Waals surface area (Å²) in [6, 6.07) is 0. The topological polar surface area (TPSA) is 43.1 Å². The third-order valence-electron chi connectivity index (χ3n) is 3.76. The minimum absolute atomic E-state index is 0.143. The first-order chi connectivity index (χ1) is 10.2. The van der Waals surface area contributed by atoms with Crippen LogP contribution in [0.25, 0.3) is 0 Å². The summed E-state index contributed by atoms with van der Waals surface area (Å²) in [5.74, 6) is -0.612. The summed E-state index contributed by atoms with van der Waals surface area (Å²) in [5, 5.41) is 0. The summed E-state index contributed by atoms with van der Waals surface area (Å²) in [6.07, 6.45) is 6.92. The summed E-state index contributed by atoms with van der Waals surface area (Å²) in [7, 11) is 0. The van der Waals surface area contributed by atoms with Gasteiger partial charge in [-0.2, -0.15) is 0 Å². The number of allylic oxidation sites excluding steroid dienone is 4. The smallest absolute Gasteiger partial charge is 0.248 e. The van der Waals surface area contributed by atoms with Gasteiger partial charge in [-0.05, 0) is 40.7 Å². The molecule has 22 heavy (non-hydrogen) atoms. The Morgan fingerprint density at radius 3 is 1.68 bits per heavy atom. The van der Waals surface area contributed by atoms with E-state index < -0.39 is 5.91 Å². The molecule has 0 heterocycles. The quantitative estimate of drug-likeness (QED) is 0.301. The van der Waals surface area contributed by atoms with Gasteiger partial charge in [0.15, 0.2) is 0 Å². The molecule has 0 aliphatic rings. The van der Waals surface area contributed by atoms with Crippen LogP contribution in [0.4, 0.5) is 0 Å². The average Bonchev–Trinajstić information content (AvgIpc) is 2.50. The van der Waals surface area contributed by atoms with E-state index in [1.807, 2.05) is 0 Å². The van der Waals surface area contributed by atoms with E-state index in [1.165, 1.54) is 25.7 Å². The van der Waals surface area contributed by atoms with Gasteiger partial charge in [0.25, 0.3) is 0 Å². The molecule has 1 amide bonds. The molecule has 0 aliphatic carbocycles. The number of primary amides is 1. The predicted octanol–water partition coefficient (Wildman–Crippen LogP) is 5.17. The minimum Gasteiger partial charge on any atom is -0.366 e. The van der Waals surface area contributed by atoms with Crippen molar-refractivity contribution in [3.05, 3.63) is 72.9 Å². The molecule has 0 saturated carbocycles. The lowest BCUT2D eigenvalue weighted by atomic mass is 9.88. The largest absolute Gasteiger partial charge is 0.366 e. The molecule has 0 fully saturated rings. The summed E-state index contributed by atoms with van der Waals surface area (Å²) in [6.45, 7) is 25.6. The molecule has 120 valence electrons. The molecular weight excluding hydrogens is 270 g/mol. The second-order valence-corrected chi connectivity index (χ2v) is 5.52. The van der Waals surface area contributed by atoms with Crippen LogP contribution in [-0.2, 0) is 4.79 Å². The van der Waals surface area contributed by atoms with E-state index in [9.17, 15) is 4.79 Å². The second kappa shape index (κ2) is 9.78. The van der Waals surface area contributed by atoms with Gasteiger partial charge >= 0.3 is 0 Å². The summed E-state index contributed by atoms with van der Waals surface area (Å²) >= 11 is 0. The van der Waals surface area contributed by atoms with Crippen LogP contribution in [-0.4, -0.2) is 5.91 Å². The Hall–Kier alpha value is -2.09. The molecule has 0 unspecified atom stereocenters. The van der Waals surface area contributed by atoms with E-state index >= 15 is 0 Å². The van der Waals surface area contributed by atoms with Crippen LogP contribution in [0.1, 0.15) is 45.4 Å². The molecular formula is C20H29NO. The first-order valence-electron chi connectivity index (χ1n) is 7.67. The van der Waals surface area contributed by atoms with Crippen LogP contribution < -0.4 is 5.73 Å². The first-order valence-corrected chi connectivity index (χ1v) is 7.67. The zero-order valence-corrected chi connectivity index (χ0v) is 14.0. The summed E-state index contributed by atoms with van der Waals surface area (Å²) < 4.78 is 0. The maximum Gasteiger partial charge on any atom is 0.248 e. The number of hydrogen-bond donors (Lipinski definition) is 1. The molecule has 2 heteroatoms. The molecule has 0 aromatic carbocycles. The number of amides is 1. The van der Waals surface area contributed by atoms with Gasteiger partial charge in [-0.15, -0.1) is 0 Å². The summed E-state index contributed by atoms with van der Waals surface area (Å²) in [4.78, 5) is 11.2. The van der Waals surface area contributed by atoms with E-state index in [-0.39, 0.29) is 5.57 Å². The number of nitrogens with two attached hydrogens (primary N) is 1. The molecule has 0 spiro atoms. The average molecular weight is 299 g/mol. The highest BCUT2D eigenvalue weighted by Crippen LogP contribution is 2.29. The van der Waals surface area contributed by atoms with Crippen LogP contribution in [0.2, 0.25) is 0 Å². The number of rotatable bonds is 12. The maximum atomic E-state index is 11.2. The zero-order valence-electron chi connectivity index (χ0n) is 14.0. The minimum atomic E-state index is -0.612. The Morgan fingerprint density at radius 2 is 1.18 bits per heavy atom. The van der Waals surface area contributed by atoms with Gasteiger partial charge in [0.2, 0.25) is 5.91 Å². The highest BCUT2D eigenvalue weighted by Gasteiger charge is 2.15. The molecule has 0 radical (unpaired) electrons. The number of carbonyl (C=O) groups excluding carboxylic acids is 1. The second-order valence-electron chi connectivity index (χ2n) is 5.52. The lowest BCUT2D eigenvalue weighted by molar-refractivity contribution is -0.114. The molecule has 0 aromatic rings. The van der Waals surface area contributed by atoms with Crippen LogP contribution in [0.15, 0.2) is 72.9 Å². The van der Waals surface area contributed by atoms with Crippen molar-refractivity contribution in [1.82, 2.24) is 0 Å². The highest BCUT2D eigenvalue weighted by molar-refractivity contribution is 5.97. The number of unbranched alkanes of at least 4 members (excludes halogenated alkanes) is 4. The highest BCUT2D eigenvalue weighted by atomic mass is 16.1. The molecule has 0 aromatic heterocycles. The van der Waals surface area contributed by atoms with Crippen molar-refractivity contribution in [3.8, 4) is 0 Å². The number of hydrogen-bond acceptors (Lipinski definition) is 1. The first kappa shape index (κ1) is 19.9. The fourth-order valence-electron chi connectivity index (χ4n) is 2.00. The van der Waals surface area contributed by atoms with Gasteiger partial charge in [0.05, 0.1) is 0 Å². The third kappa shape index (κ3) is 6.13. The van der Waals surface area contributed by atoms with Gasteiger partial charge in [-0.25, -0.2) is 0 Å². The van der Waals surface area contributed by atoms with Gasteiger partial charge in [-0.1, -0.05) is 72.1 Å². The molecule has 0 atom stereocenters. The van der Waals surface area contributed by atoms with Crippen LogP contribution in [0, 0.1) is 0 Å². The number of carbonyl (C=O) groups is 1. The van der Waals surface area contributed by atoms with E-state index in [0.717, 1.165) is 24.0 Å². The molecule has 0 rings (SSSR count). The molecule has 0 aliphatic heterocycles. The molecule has 0 saturated heterocycles. The normalized spacial score (nSPS) is 9.86. The van der Waals surface area contributed by atoms with E-state index in [2.05, 4.69) is 46.4 Å². The molecule has 2 nitrogen and oxygen atoms in total. The monoisotopic (exact) mass is 299 g/mol. The fourth-order valence-corrected chi connectivity index (χ4v) is 2.00. The fraction of sp³-hybridized carbons (Fsp3) is 0.350. The SMILES string of the molecule is C=C(CCCCCCC)C(=C)C(=C)C(=C)C(=C)C(=C)C(N)=O. The Bertz CT molecular complexity index is 520. The Balaban J connectivity index is 4.53. The van der Waals surface area contributed by atoms with Gasteiger partial charge in [-0.3, -0.25) is 4.79 Å². The Kier molecular flexibility index (Phi) is 8.85. The lowest BCUT2D eigenvalue weighted by Crippen LogP contribution is -2.15. The standard InChI is InChI=1S/C20H29NO/c1-8-9-10-11-12-13-14(2)15(3)16(4)17(5)18(6)19(7)20(21)22/h2-13H2,1H3,(H2,21,22). The van der Waals surface area contributed by atoms with Crippen molar-refractivity contribution in [2.45, 2.75) is 45.4 Å².